The van der Waals surface area contributed by atoms with E-state index in [2.05, 4.69) is 0 Å². The highest BCUT2D eigenvalue weighted by molar-refractivity contribution is 7.92. The predicted octanol–water partition coefficient (Wildman–Crippen LogP) is 4.02. The predicted molar refractivity (Wildman–Crippen MR) is 115 cm³/mol. The lowest BCUT2D eigenvalue weighted by atomic mass is 10.1. The molecule has 0 saturated carbocycles. The number of nitrogens with zero attached hydrogens (tertiary/aromatic N) is 2. The normalized spacial score (nSPS) is 13.2. The van der Waals surface area contributed by atoms with E-state index < -0.39 is 10.0 Å². The Morgan fingerprint density at radius 3 is 2.52 bits per heavy atom. The number of sulfonamides is 1. The highest BCUT2D eigenvalue weighted by Gasteiger charge is 2.27. The molecule has 0 aliphatic carbocycles. The highest BCUT2D eigenvalue weighted by Crippen LogP contribution is 2.30. The molecule has 0 bridgehead atoms. The van der Waals surface area contributed by atoms with Crippen LogP contribution >= 0.6 is 0 Å². The lowest BCUT2D eigenvalue weighted by Crippen LogP contribution is -2.30. The lowest BCUT2D eigenvalue weighted by molar-refractivity contribution is 0.0989. The number of rotatable bonds is 4. The van der Waals surface area contributed by atoms with Gasteiger partial charge in [-0.3, -0.25) is 9.10 Å². The first kappa shape index (κ1) is 19.2. The van der Waals surface area contributed by atoms with Crippen molar-refractivity contribution in [2.75, 3.05) is 22.8 Å². The molecule has 0 N–H and O–H groups in total. The zero-order valence-corrected chi connectivity index (χ0v) is 17.2. The van der Waals surface area contributed by atoms with Crippen molar-refractivity contribution in [1.29, 1.82) is 0 Å². The van der Waals surface area contributed by atoms with Crippen LogP contribution in [0.25, 0.3) is 0 Å². The van der Waals surface area contributed by atoms with Crippen LogP contribution in [-0.2, 0) is 16.4 Å². The number of anilines is 2. The summed E-state index contributed by atoms with van der Waals surface area (Å²) in [4.78, 5) is 14.9. The van der Waals surface area contributed by atoms with Crippen LogP contribution in [0.1, 0.15) is 21.5 Å². The minimum atomic E-state index is -3.79. The maximum atomic E-state index is 13.1. The second-order valence-electron chi connectivity index (χ2n) is 7.17. The molecule has 3 aromatic rings. The van der Waals surface area contributed by atoms with Gasteiger partial charge in [0.2, 0.25) is 0 Å². The van der Waals surface area contributed by atoms with E-state index in [0.717, 1.165) is 23.2 Å². The summed E-state index contributed by atoms with van der Waals surface area (Å²) >= 11 is 0. The third kappa shape index (κ3) is 3.51. The molecule has 0 saturated heterocycles. The van der Waals surface area contributed by atoms with Gasteiger partial charge in [-0.05, 0) is 60.9 Å². The van der Waals surface area contributed by atoms with Gasteiger partial charge >= 0.3 is 0 Å². The van der Waals surface area contributed by atoms with Crippen molar-refractivity contribution < 1.29 is 13.2 Å². The number of aryl methyl sites for hydroxylation is 1. The molecule has 4 rings (SSSR count). The van der Waals surface area contributed by atoms with Crippen LogP contribution in [0.15, 0.2) is 77.7 Å². The minimum Gasteiger partial charge on any atom is -0.308 e. The van der Waals surface area contributed by atoms with E-state index in [0.29, 0.717) is 17.8 Å². The van der Waals surface area contributed by atoms with Crippen LogP contribution < -0.4 is 9.21 Å². The first-order valence-electron chi connectivity index (χ1n) is 9.43. The molecule has 0 unspecified atom stereocenters. The van der Waals surface area contributed by atoms with Gasteiger partial charge in [0.25, 0.3) is 15.9 Å². The zero-order valence-electron chi connectivity index (χ0n) is 16.4. The number of fused-ring (bicyclic) bond motifs is 1. The first-order valence-corrected chi connectivity index (χ1v) is 10.9. The largest absolute Gasteiger partial charge is 0.308 e. The van der Waals surface area contributed by atoms with Crippen molar-refractivity contribution in [3.63, 3.8) is 0 Å². The molecule has 1 aliphatic heterocycles. The Hall–Kier alpha value is -3.12. The lowest BCUT2D eigenvalue weighted by Gasteiger charge is -2.21. The van der Waals surface area contributed by atoms with E-state index >= 15 is 0 Å². The van der Waals surface area contributed by atoms with E-state index in [-0.39, 0.29) is 10.8 Å². The van der Waals surface area contributed by atoms with Crippen molar-refractivity contribution >= 4 is 27.3 Å². The average Bonchev–Trinajstić information content (AvgIpc) is 3.17. The fourth-order valence-corrected chi connectivity index (χ4v) is 4.85. The van der Waals surface area contributed by atoms with E-state index in [1.807, 2.05) is 49.4 Å². The highest BCUT2D eigenvalue weighted by atomic mass is 32.2. The van der Waals surface area contributed by atoms with Crippen molar-refractivity contribution in [3.8, 4) is 0 Å². The van der Waals surface area contributed by atoms with Gasteiger partial charge < -0.3 is 4.90 Å². The fraction of sp³-hybridized carbons (Fsp3) is 0.174. The molecule has 1 heterocycles. The summed E-state index contributed by atoms with van der Waals surface area (Å²) in [5.74, 6) is -0.190. The zero-order chi connectivity index (χ0) is 20.6. The Bertz CT molecular complexity index is 1190. The Balaban J connectivity index is 1.66. The van der Waals surface area contributed by atoms with Crippen LogP contribution in [0.4, 0.5) is 11.4 Å². The summed E-state index contributed by atoms with van der Waals surface area (Å²) in [6, 6.07) is 21.4. The Morgan fingerprint density at radius 1 is 0.966 bits per heavy atom. The Kier molecular flexibility index (Phi) is 4.88. The van der Waals surface area contributed by atoms with Gasteiger partial charge in [0.1, 0.15) is 0 Å². The number of carbonyl (C=O) groups excluding carboxylic acids is 1. The third-order valence-corrected chi connectivity index (χ3v) is 7.02. The van der Waals surface area contributed by atoms with E-state index in [1.165, 1.54) is 23.5 Å². The first-order chi connectivity index (χ1) is 13.9. The van der Waals surface area contributed by atoms with E-state index in [1.54, 1.807) is 23.1 Å². The van der Waals surface area contributed by atoms with E-state index in [4.69, 9.17) is 0 Å². The number of benzene rings is 3. The quantitative estimate of drug-likeness (QED) is 0.657. The topological polar surface area (TPSA) is 57.7 Å². The molecular formula is C23H22N2O3S. The van der Waals surface area contributed by atoms with Crippen molar-refractivity contribution in [2.45, 2.75) is 18.2 Å². The summed E-state index contributed by atoms with van der Waals surface area (Å²) in [7, 11) is -2.26. The number of hydrogen-bond acceptors (Lipinski definition) is 3. The molecule has 0 radical (unpaired) electrons. The van der Waals surface area contributed by atoms with Crippen LogP contribution in [0, 0.1) is 6.92 Å². The standard InChI is InChI=1S/C23H22N2O3S/c1-17-7-5-10-20(15-17)24(2)29(27,28)21-11-6-9-19(16-21)23(26)25-14-13-18-8-3-4-12-22(18)25/h3-12,15-16H,13-14H2,1-2H3. The third-order valence-electron chi connectivity index (χ3n) is 5.24. The fourth-order valence-electron chi connectivity index (χ4n) is 3.62. The van der Waals surface area contributed by atoms with E-state index in [9.17, 15) is 13.2 Å². The van der Waals surface area contributed by atoms with Gasteiger partial charge in [0, 0.05) is 24.8 Å². The number of para-hydroxylation sites is 1. The second-order valence-corrected chi connectivity index (χ2v) is 9.14. The summed E-state index contributed by atoms with van der Waals surface area (Å²) in [5.41, 5.74) is 3.93. The Labute approximate surface area is 171 Å². The van der Waals surface area contributed by atoms with Crippen LogP contribution in [-0.4, -0.2) is 27.9 Å². The molecular weight excluding hydrogens is 384 g/mol. The Morgan fingerprint density at radius 2 is 1.72 bits per heavy atom. The minimum absolute atomic E-state index is 0.0971. The van der Waals surface area contributed by atoms with Crippen molar-refractivity contribution in [2.24, 2.45) is 0 Å². The molecule has 5 nitrogen and oxygen atoms in total. The molecule has 1 aliphatic rings. The molecule has 0 fully saturated rings. The number of carbonyl (C=O) groups is 1. The number of hydrogen-bond donors (Lipinski definition) is 0. The van der Waals surface area contributed by atoms with Gasteiger partial charge in [-0.15, -0.1) is 0 Å². The monoisotopic (exact) mass is 406 g/mol. The van der Waals surface area contributed by atoms with Gasteiger partial charge in [-0.25, -0.2) is 8.42 Å². The van der Waals surface area contributed by atoms with Gasteiger partial charge in [0.05, 0.1) is 10.6 Å². The maximum Gasteiger partial charge on any atom is 0.264 e. The van der Waals surface area contributed by atoms with Crippen molar-refractivity contribution in [1.82, 2.24) is 0 Å². The van der Waals surface area contributed by atoms with Crippen LogP contribution in [0.2, 0.25) is 0 Å². The number of amides is 1. The summed E-state index contributed by atoms with van der Waals surface area (Å²) in [6.45, 7) is 2.51. The second kappa shape index (κ2) is 7.37. The molecule has 29 heavy (non-hydrogen) atoms. The molecule has 0 aromatic heterocycles. The van der Waals surface area contributed by atoms with Gasteiger partial charge in [-0.1, -0.05) is 36.4 Å². The van der Waals surface area contributed by atoms with Crippen molar-refractivity contribution in [3.05, 3.63) is 89.5 Å². The molecule has 0 atom stereocenters. The average molecular weight is 407 g/mol. The smallest absolute Gasteiger partial charge is 0.264 e. The molecule has 0 spiro atoms. The molecule has 1 amide bonds. The summed E-state index contributed by atoms with van der Waals surface area (Å²) in [5, 5.41) is 0. The van der Waals surface area contributed by atoms with Crippen LogP contribution in [0.3, 0.4) is 0 Å². The van der Waals surface area contributed by atoms with Crippen LogP contribution in [0.5, 0.6) is 0 Å². The maximum absolute atomic E-state index is 13.1. The van der Waals surface area contributed by atoms with Gasteiger partial charge in [-0.2, -0.15) is 0 Å². The molecule has 6 heteroatoms. The molecule has 3 aromatic carbocycles. The SMILES string of the molecule is Cc1cccc(N(C)S(=O)(=O)c2cccc(C(=O)N3CCc4ccccc43)c2)c1. The molecule has 148 valence electrons. The summed E-state index contributed by atoms with van der Waals surface area (Å²) in [6.07, 6.45) is 0.802. The summed E-state index contributed by atoms with van der Waals surface area (Å²) < 4.78 is 27.5. The van der Waals surface area contributed by atoms with Gasteiger partial charge in [0.15, 0.2) is 0 Å².